The minimum absolute atomic E-state index is 0.216. The van der Waals surface area contributed by atoms with Gasteiger partial charge in [0.25, 0.3) is 0 Å². The molecule has 0 bridgehead atoms. The van der Waals surface area contributed by atoms with E-state index in [-0.39, 0.29) is 5.41 Å². The van der Waals surface area contributed by atoms with Gasteiger partial charge in [-0.3, -0.25) is 0 Å². The SMILES string of the molecule is CCOC(=O)N/N=C(C)/C=C\C1=C(C)CCCC1(C)C. The fraction of sp³-hybridized carbons (Fsp3) is 0.625. The lowest BCUT2D eigenvalue weighted by molar-refractivity contribution is 0.152. The van der Waals surface area contributed by atoms with Crippen LogP contribution in [0.2, 0.25) is 0 Å². The zero-order valence-corrected chi connectivity index (χ0v) is 13.2. The lowest BCUT2D eigenvalue weighted by Crippen LogP contribution is -2.20. The molecule has 1 aliphatic rings. The average molecular weight is 278 g/mol. The van der Waals surface area contributed by atoms with Crippen LogP contribution in [0.5, 0.6) is 0 Å². The summed E-state index contributed by atoms with van der Waals surface area (Å²) >= 11 is 0. The van der Waals surface area contributed by atoms with Gasteiger partial charge in [0.2, 0.25) is 0 Å². The molecule has 0 heterocycles. The summed E-state index contributed by atoms with van der Waals surface area (Å²) in [6.07, 6.45) is 7.18. The van der Waals surface area contributed by atoms with Crippen LogP contribution in [-0.4, -0.2) is 18.4 Å². The molecule has 0 aromatic heterocycles. The smallest absolute Gasteiger partial charge is 0.427 e. The largest absolute Gasteiger partial charge is 0.449 e. The van der Waals surface area contributed by atoms with Gasteiger partial charge in [-0.2, -0.15) is 5.10 Å². The normalized spacial score (nSPS) is 19.4. The van der Waals surface area contributed by atoms with Crippen LogP contribution in [0.15, 0.2) is 28.4 Å². The standard InChI is InChI=1S/C16H26N2O2/c1-6-20-15(19)18-17-13(3)9-10-14-12(2)8-7-11-16(14,4)5/h9-10H,6-8,11H2,1-5H3,(H,18,19)/b10-9-,17-13+. The van der Waals surface area contributed by atoms with Crippen molar-refractivity contribution in [2.75, 3.05) is 6.61 Å². The van der Waals surface area contributed by atoms with Crippen molar-refractivity contribution in [3.8, 4) is 0 Å². The number of allylic oxidation sites excluding steroid dienone is 4. The van der Waals surface area contributed by atoms with Crippen LogP contribution in [0.4, 0.5) is 4.79 Å². The first-order chi connectivity index (χ1) is 9.36. The quantitative estimate of drug-likeness (QED) is 0.619. The van der Waals surface area contributed by atoms with Gasteiger partial charge in [0.15, 0.2) is 0 Å². The highest BCUT2D eigenvalue weighted by Gasteiger charge is 2.26. The predicted molar refractivity (Wildman–Crippen MR) is 82.7 cm³/mol. The maximum atomic E-state index is 11.1. The molecule has 0 aromatic carbocycles. The molecule has 4 heteroatoms. The van der Waals surface area contributed by atoms with Crippen LogP contribution in [0, 0.1) is 5.41 Å². The van der Waals surface area contributed by atoms with Crippen LogP contribution in [-0.2, 0) is 4.74 Å². The van der Waals surface area contributed by atoms with Gasteiger partial charge in [-0.1, -0.05) is 25.5 Å². The molecule has 4 nitrogen and oxygen atoms in total. The summed E-state index contributed by atoms with van der Waals surface area (Å²) in [6, 6.07) is 0. The van der Waals surface area contributed by atoms with E-state index < -0.39 is 6.09 Å². The van der Waals surface area contributed by atoms with Crippen molar-refractivity contribution in [1.82, 2.24) is 5.43 Å². The Morgan fingerprint density at radius 3 is 2.80 bits per heavy atom. The molecule has 0 spiro atoms. The summed E-state index contributed by atoms with van der Waals surface area (Å²) < 4.78 is 4.75. The van der Waals surface area contributed by atoms with E-state index in [9.17, 15) is 4.79 Å². The maximum absolute atomic E-state index is 11.1. The number of hydrazone groups is 1. The predicted octanol–water partition coefficient (Wildman–Crippen LogP) is 4.19. The van der Waals surface area contributed by atoms with E-state index in [1.165, 1.54) is 30.4 Å². The molecule has 0 aliphatic heterocycles. The van der Waals surface area contributed by atoms with Crippen molar-refractivity contribution in [2.24, 2.45) is 10.5 Å². The zero-order chi connectivity index (χ0) is 15.2. The molecule has 20 heavy (non-hydrogen) atoms. The van der Waals surface area contributed by atoms with Crippen LogP contribution in [0.3, 0.4) is 0 Å². The molecule has 0 atom stereocenters. The molecule has 1 rings (SSSR count). The maximum Gasteiger partial charge on any atom is 0.427 e. The number of carbonyl (C=O) groups is 1. The molecule has 1 amide bonds. The fourth-order valence-corrected chi connectivity index (χ4v) is 2.55. The summed E-state index contributed by atoms with van der Waals surface area (Å²) in [7, 11) is 0. The number of amides is 1. The number of nitrogens with one attached hydrogen (secondary N) is 1. The second-order valence-corrected chi connectivity index (χ2v) is 5.85. The number of rotatable bonds is 4. The molecule has 0 saturated carbocycles. The summed E-state index contributed by atoms with van der Waals surface area (Å²) in [6.45, 7) is 10.7. The molecule has 0 saturated heterocycles. The highest BCUT2D eigenvalue weighted by Crippen LogP contribution is 2.40. The van der Waals surface area contributed by atoms with Crippen molar-refractivity contribution < 1.29 is 9.53 Å². The summed E-state index contributed by atoms with van der Waals surface area (Å²) in [4.78, 5) is 11.1. The van der Waals surface area contributed by atoms with Gasteiger partial charge in [0.05, 0.1) is 12.3 Å². The molecule has 0 fully saturated rings. The van der Waals surface area contributed by atoms with E-state index >= 15 is 0 Å². The Balaban J connectivity index is 2.71. The Hall–Kier alpha value is -1.58. The second-order valence-electron chi connectivity index (χ2n) is 5.85. The number of hydrogen-bond acceptors (Lipinski definition) is 3. The Morgan fingerprint density at radius 2 is 2.20 bits per heavy atom. The molecule has 112 valence electrons. The molecule has 0 aromatic rings. The number of hydrogen-bond donors (Lipinski definition) is 1. The Morgan fingerprint density at radius 1 is 1.50 bits per heavy atom. The van der Waals surface area contributed by atoms with Gasteiger partial charge in [-0.25, -0.2) is 10.2 Å². The molecule has 0 unspecified atom stereocenters. The van der Waals surface area contributed by atoms with Crippen LogP contribution >= 0.6 is 0 Å². The van der Waals surface area contributed by atoms with Crippen molar-refractivity contribution in [2.45, 2.75) is 53.9 Å². The lowest BCUT2D eigenvalue weighted by Gasteiger charge is -2.32. The van der Waals surface area contributed by atoms with Gasteiger partial charge < -0.3 is 4.74 Å². The Labute approximate surface area is 122 Å². The van der Waals surface area contributed by atoms with Crippen molar-refractivity contribution in [3.05, 3.63) is 23.3 Å². The first-order valence-electron chi connectivity index (χ1n) is 7.22. The third-order valence-electron chi connectivity index (χ3n) is 3.63. The van der Waals surface area contributed by atoms with E-state index in [1.807, 2.05) is 13.0 Å². The number of ether oxygens (including phenoxy) is 1. The fourth-order valence-electron chi connectivity index (χ4n) is 2.55. The minimum atomic E-state index is -0.520. The first kappa shape index (κ1) is 16.5. The van der Waals surface area contributed by atoms with Gasteiger partial charge in [-0.15, -0.1) is 0 Å². The number of nitrogens with zero attached hydrogens (tertiary/aromatic N) is 1. The third kappa shape index (κ3) is 4.83. The van der Waals surface area contributed by atoms with E-state index in [1.54, 1.807) is 6.92 Å². The van der Waals surface area contributed by atoms with Gasteiger partial charge >= 0.3 is 6.09 Å². The van der Waals surface area contributed by atoms with Crippen LogP contribution < -0.4 is 5.43 Å². The summed E-state index contributed by atoms with van der Waals surface area (Å²) in [5.74, 6) is 0. The van der Waals surface area contributed by atoms with E-state index in [0.29, 0.717) is 6.61 Å². The lowest BCUT2D eigenvalue weighted by atomic mass is 9.72. The van der Waals surface area contributed by atoms with Crippen molar-refractivity contribution >= 4 is 11.8 Å². The molecule has 1 aliphatic carbocycles. The molecular formula is C16H26N2O2. The average Bonchev–Trinajstić information content (AvgIpc) is 2.35. The first-order valence-corrected chi connectivity index (χ1v) is 7.22. The van der Waals surface area contributed by atoms with Crippen molar-refractivity contribution in [1.29, 1.82) is 0 Å². The van der Waals surface area contributed by atoms with Crippen LogP contribution in [0.1, 0.15) is 53.9 Å². The van der Waals surface area contributed by atoms with Crippen LogP contribution in [0.25, 0.3) is 0 Å². The summed E-state index contributed by atoms with van der Waals surface area (Å²) in [5.41, 5.74) is 6.16. The third-order valence-corrected chi connectivity index (χ3v) is 3.63. The van der Waals surface area contributed by atoms with Crippen molar-refractivity contribution in [3.63, 3.8) is 0 Å². The topological polar surface area (TPSA) is 50.7 Å². The summed E-state index contributed by atoms with van der Waals surface area (Å²) in [5, 5.41) is 3.98. The molecule has 1 N–H and O–H groups in total. The molecular weight excluding hydrogens is 252 g/mol. The molecule has 0 radical (unpaired) electrons. The minimum Gasteiger partial charge on any atom is -0.449 e. The van der Waals surface area contributed by atoms with E-state index in [2.05, 4.69) is 37.4 Å². The Bertz CT molecular complexity index is 445. The monoisotopic (exact) mass is 278 g/mol. The Kier molecular flexibility index (Phi) is 5.99. The zero-order valence-electron chi connectivity index (χ0n) is 13.2. The number of carbonyl (C=O) groups excluding carboxylic acids is 1. The highest BCUT2D eigenvalue weighted by molar-refractivity contribution is 5.93. The second kappa shape index (κ2) is 7.27. The van der Waals surface area contributed by atoms with Gasteiger partial charge in [0.1, 0.15) is 0 Å². The van der Waals surface area contributed by atoms with Gasteiger partial charge in [-0.05, 0) is 57.1 Å². The van der Waals surface area contributed by atoms with E-state index in [0.717, 1.165) is 5.71 Å². The van der Waals surface area contributed by atoms with Gasteiger partial charge in [0, 0.05) is 0 Å². The van der Waals surface area contributed by atoms with E-state index in [4.69, 9.17) is 4.74 Å². The highest BCUT2D eigenvalue weighted by atomic mass is 16.5.